The van der Waals surface area contributed by atoms with Crippen molar-refractivity contribution >= 4 is 0 Å². The van der Waals surface area contributed by atoms with Crippen molar-refractivity contribution < 1.29 is 9.84 Å². The molecular formula is C15H17NO2. The van der Waals surface area contributed by atoms with Crippen LogP contribution in [0.3, 0.4) is 0 Å². The standard InChI is InChI=1S/C15H17NO2/c1-18-15-7-3-2-6-13(15)14(17)9-8-12-5-4-10-16-11-12/h2-7,10-11,14,17H,8-9H2,1H3. The Morgan fingerprint density at radius 3 is 2.78 bits per heavy atom. The van der Waals surface area contributed by atoms with Gasteiger partial charge in [-0.05, 0) is 30.5 Å². The summed E-state index contributed by atoms with van der Waals surface area (Å²) in [6.07, 6.45) is 4.52. The fourth-order valence-corrected chi connectivity index (χ4v) is 1.95. The minimum absolute atomic E-state index is 0.513. The normalized spacial score (nSPS) is 12.1. The molecule has 1 N–H and O–H groups in total. The summed E-state index contributed by atoms with van der Waals surface area (Å²) >= 11 is 0. The van der Waals surface area contributed by atoms with Gasteiger partial charge in [0.05, 0.1) is 13.2 Å². The zero-order valence-electron chi connectivity index (χ0n) is 10.4. The van der Waals surface area contributed by atoms with E-state index >= 15 is 0 Å². The maximum atomic E-state index is 10.2. The molecule has 94 valence electrons. The molecule has 18 heavy (non-hydrogen) atoms. The van der Waals surface area contributed by atoms with Crippen LogP contribution in [0, 0.1) is 0 Å². The largest absolute Gasteiger partial charge is 0.496 e. The zero-order chi connectivity index (χ0) is 12.8. The fourth-order valence-electron chi connectivity index (χ4n) is 1.95. The number of aliphatic hydroxyl groups is 1. The minimum atomic E-state index is -0.513. The molecule has 0 saturated heterocycles. The lowest BCUT2D eigenvalue weighted by Crippen LogP contribution is -2.02. The van der Waals surface area contributed by atoms with Gasteiger partial charge < -0.3 is 9.84 Å². The summed E-state index contributed by atoms with van der Waals surface area (Å²) in [6, 6.07) is 11.5. The number of rotatable bonds is 5. The number of aryl methyl sites for hydroxylation is 1. The number of hydrogen-bond acceptors (Lipinski definition) is 3. The first-order chi connectivity index (χ1) is 8.81. The molecule has 1 aromatic carbocycles. The number of para-hydroxylation sites is 1. The van der Waals surface area contributed by atoms with Crippen LogP contribution in [0.2, 0.25) is 0 Å². The maximum Gasteiger partial charge on any atom is 0.124 e. The maximum absolute atomic E-state index is 10.2. The highest BCUT2D eigenvalue weighted by Gasteiger charge is 2.12. The second-order valence-corrected chi connectivity index (χ2v) is 4.16. The highest BCUT2D eigenvalue weighted by Crippen LogP contribution is 2.27. The van der Waals surface area contributed by atoms with Crippen molar-refractivity contribution in [2.75, 3.05) is 7.11 Å². The van der Waals surface area contributed by atoms with E-state index < -0.39 is 6.10 Å². The van der Waals surface area contributed by atoms with E-state index in [1.807, 2.05) is 42.6 Å². The molecular weight excluding hydrogens is 226 g/mol. The number of hydrogen-bond donors (Lipinski definition) is 1. The van der Waals surface area contributed by atoms with Crippen LogP contribution >= 0.6 is 0 Å². The molecule has 0 fully saturated rings. The molecule has 1 unspecified atom stereocenters. The lowest BCUT2D eigenvalue weighted by atomic mass is 10.0. The molecule has 2 aromatic rings. The van der Waals surface area contributed by atoms with Crippen molar-refractivity contribution in [3.05, 3.63) is 59.9 Å². The summed E-state index contributed by atoms with van der Waals surface area (Å²) in [5.41, 5.74) is 1.97. The second-order valence-electron chi connectivity index (χ2n) is 4.16. The topological polar surface area (TPSA) is 42.4 Å². The predicted molar refractivity (Wildman–Crippen MR) is 70.5 cm³/mol. The molecule has 0 bridgehead atoms. The van der Waals surface area contributed by atoms with Crippen LogP contribution in [-0.4, -0.2) is 17.2 Å². The van der Waals surface area contributed by atoms with E-state index in [4.69, 9.17) is 4.74 Å². The first kappa shape index (κ1) is 12.6. The Bertz CT molecular complexity index is 485. The average Bonchev–Trinajstić information content (AvgIpc) is 2.45. The van der Waals surface area contributed by atoms with E-state index in [2.05, 4.69) is 4.98 Å². The zero-order valence-corrected chi connectivity index (χ0v) is 10.4. The molecule has 0 aliphatic rings. The quantitative estimate of drug-likeness (QED) is 0.878. The van der Waals surface area contributed by atoms with Crippen molar-refractivity contribution in [2.24, 2.45) is 0 Å². The van der Waals surface area contributed by atoms with Crippen LogP contribution in [-0.2, 0) is 6.42 Å². The summed E-state index contributed by atoms with van der Waals surface area (Å²) < 4.78 is 5.25. The van der Waals surface area contributed by atoms with E-state index in [0.717, 1.165) is 23.3 Å². The van der Waals surface area contributed by atoms with Crippen molar-refractivity contribution in [3.8, 4) is 5.75 Å². The molecule has 0 aliphatic carbocycles. The Hall–Kier alpha value is -1.87. The number of ether oxygens (including phenoxy) is 1. The van der Waals surface area contributed by atoms with Gasteiger partial charge in [-0.3, -0.25) is 4.98 Å². The number of nitrogens with zero attached hydrogens (tertiary/aromatic N) is 1. The van der Waals surface area contributed by atoms with Gasteiger partial charge in [0.15, 0.2) is 0 Å². The summed E-state index contributed by atoms with van der Waals surface area (Å²) in [5, 5.41) is 10.2. The van der Waals surface area contributed by atoms with Crippen molar-refractivity contribution in [1.82, 2.24) is 4.98 Å². The SMILES string of the molecule is COc1ccccc1C(O)CCc1cccnc1. The van der Waals surface area contributed by atoms with Crippen LogP contribution in [0.25, 0.3) is 0 Å². The third-order valence-corrected chi connectivity index (χ3v) is 2.93. The second kappa shape index (κ2) is 6.17. The first-order valence-corrected chi connectivity index (χ1v) is 6.01. The van der Waals surface area contributed by atoms with Crippen LogP contribution in [0.15, 0.2) is 48.8 Å². The van der Waals surface area contributed by atoms with Gasteiger partial charge in [-0.2, -0.15) is 0 Å². The van der Waals surface area contributed by atoms with Crippen molar-refractivity contribution in [1.29, 1.82) is 0 Å². The average molecular weight is 243 g/mol. The molecule has 3 nitrogen and oxygen atoms in total. The molecule has 1 aromatic heterocycles. The van der Waals surface area contributed by atoms with Gasteiger partial charge in [0, 0.05) is 18.0 Å². The summed E-state index contributed by atoms with van der Waals surface area (Å²) in [4.78, 5) is 4.06. The number of aliphatic hydroxyl groups excluding tert-OH is 1. The number of benzene rings is 1. The van der Waals surface area contributed by atoms with Crippen LogP contribution < -0.4 is 4.74 Å². The summed E-state index contributed by atoms with van der Waals surface area (Å²) in [6.45, 7) is 0. The highest BCUT2D eigenvalue weighted by molar-refractivity contribution is 5.35. The Kier molecular flexibility index (Phi) is 4.31. The van der Waals surface area contributed by atoms with E-state index in [-0.39, 0.29) is 0 Å². The first-order valence-electron chi connectivity index (χ1n) is 6.01. The van der Waals surface area contributed by atoms with E-state index in [0.29, 0.717) is 6.42 Å². The lowest BCUT2D eigenvalue weighted by molar-refractivity contribution is 0.163. The van der Waals surface area contributed by atoms with E-state index in [1.54, 1.807) is 13.3 Å². The molecule has 0 aliphatic heterocycles. The molecule has 0 saturated carbocycles. The van der Waals surface area contributed by atoms with Crippen molar-refractivity contribution in [3.63, 3.8) is 0 Å². The third kappa shape index (κ3) is 3.08. The molecule has 3 heteroatoms. The van der Waals surface area contributed by atoms with Crippen molar-refractivity contribution in [2.45, 2.75) is 18.9 Å². The number of methoxy groups -OCH3 is 1. The number of aromatic nitrogens is 1. The smallest absolute Gasteiger partial charge is 0.124 e. The fraction of sp³-hybridized carbons (Fsp3) is 0.267. The molecule has 2 rings (SSSR count). The van der Waals surface area contributed by atoms with Crippen LogP contribution in [0.5, 0.6) is 5.75 Å². The monoisotopic (exact) mass is 243 g/mol. The summed E-state index contributed by atoms with van der Waals surface area (Å²) in [7, 11) is 1.62. The molecule has 0 amide bonds. The Labute approximate surface area is 107 Å². The number of pyridine rings is 1. The van der Waals surface area contributed by atoms with E-state index in [9.17, 15) is 5.11 Å². The third-order valence-electron chi connectivity index (χ3n) is 2.93. The van der Waals surface area contributed by atoms with Gasteiger partial charge in [0.1, 0.15) is 5.75 Å². The molecule has 0 radical (unpaired) electrons. The van der Waals surface area contributed by atoms with Crippen LogP contribution in [0.4, 0.5) is 0 Å². The molecule has 0 spiro atoms. The molecule has 1 atom stereocenters. The van der Waals surface area contributed by atoms with Gasteiger partial charge >= 0.3 is 0 Å². The van der Waals surface area contributed by atoms with E-state index in [1.165, 1.54) is 0 Å². The van der Waals surface area contributed by atoms with Gasteiger partial charge in [-0.25, -0.2) is 0 Å². The van der Waals surface area contributed by atoms with Crippen LogP contribution in [0.1, 0.15) is 23.7 Å². The molecule has 1 heterocycles. The van der Waals surface area contributed by atoms with Gasteiger partial charge in [-0.1, -0.05) is 24.3 Å². The summed E-state index contributed by atoms with van der Waals surface area (Å²) in [5.74, 6) is 0.733. The van der Waals surface area contributed by atoms with Gasteiger partial charge in [0.2, 0.25) is 0 Å². The lowest BCUT2D eigenvalue weighted by Gasteiger charge is -2.14. The Morgan fingerprint density at radius 2 is 2.06 bits per heavy atom. The predicted octanol–water partition coefficient (Wildman–Crippen LogP) is 2.76. The Morgan fingerprint density at radius 1 is 1.22 bits per heavy atom. The van der Waals surface area contributed by atoms with Gasteiger partial charge in [-0.15, -0.1) is 0 Å². The highest BCUT2D eigenvalue weighted by atomic mass is 16.5. The minimum Gasteiger partial charge on any atom is -0.496 e. The van der Waals surface area contributed by atoms with Gasteiger partial charge in [0.25, 0.3) is 0 Å². The Balaban J connectivity index is 2.01.